The lowest BCUT2D eigenvalue weighted by atomic mass is 9.98. The summed E-state index contributed by atoms with van der Waals surface area (Å²) in [6, 6.07) is -0.720. The van der Waals surface area contributed by atoms with Crippen LogP contribution in [-0.2, 0) is 0 Å². The van der Waals surface area contributed by atoms with Gasteiger partial charge in [-0.15, -0.1) is 0 Å². The molecule has 2 heterocycles. The van der Waals surface area contributed by atoms with Crippen LogP contribution < -0.4 is 0 Å². The second kappa shape index (κ2) is 8.82. The van der Waals surface area contributed by atoms with Gasteiger partial charge < -0.3 is 14.9 Å². The Hall–Kier alpha value is -1.50. The van der Waals surface area contributed by atoms with E-state index in [1.54, 1.807) is 9.80 Å². The van der Waals surface area contributed by atoms with Crippen LogP contribution in [0.5, 0.6) is 0 Å². The second-order valence-corrected chi connectivity index (χ2v) is 6.02. The van der Waals surface area contributed by atoms with E-state index in [4.69, 9.17) is 5.11 Å². The summed E-state index contributed by atoms with van der Waals surface area (Å²) >= 11 is 0. The van der Waals surface area contributed by atoms with Crippen molar-refractivity contribution in [3.8, 4) is 0 Å². The van der Waals surface area contributed by atoms with Crippen LogP contribution in [0.25, 0.3) is 0 Å². The van der Waals surface area contributed by atoms with E-state index in [1.807, 2.05) is 0 Å². The minimum atomic E-state index is -0.423. The highest BCUT2D eigenvalue weighted by Crippen LogP contribution is 2.21. The van der Waals surface area contributed by atoms with Gasteiger partial charge in [-0.1, -0.05) is 10.2 Å². The molecule has 2 aliphatic heterocycles. The molecule has 0 aromatic carbocycles. The number of azo groups is 1. The maximum atomic E-state index is 12.2. The first-order valence-corrected chi connectivity index (χ1v) is 8.34. The van der Waals surface area contributed by atoms with Gasteiger partial charge in [-0.05, 0) is 51.4 Å². The van der Waals surface area contributed by atoms with Crippen LogP contribution in [-0.4, -0.2) is 59.3 Å². The molecule has 2 saturated heterocycles. The first-order chi connectivity index (χ1) is 10.7. The van der Waals surface area contributed by atoms with Crippen molar-refractivity contribution in [2.75, 3.05) is 26.2 Å². The Morgan fingerprint density at radius 2 is 1.64 bits per heavy atom. The fourth-order valence-electron chi connectivity index (χ4n) is 3.17. The first kappa shape index (κ1) is 16.9. The Balaban J connectivity index is 1.88. The molecule has 2 fully saturated rings. The molecule has 2 aliphatic rings. The van der Waals surface area contributed by atoms with Gasteiger partial charge >= 0.3 is 12.1 Å². The Morgan fingerprint density at radius 1 is 0.955 bits per heavy atom. The van der Waals surface area contributed by atoms with E-state index in [1.165, 1.54) is 0 Å². The maximum Gasteiger partial charge on any atom is 0.362 e. The Morgan fingerprint density at radius 3 is 2.36 bits per heavy atom. The number of aliphatic hydroxyl groups excluding tert-OH is 1. The van der Waals surface area contributed by atoms with E-state index in [9.17, 15) is 9.59 Å². The molecule has 0 aromatic rings. The van der Waals surface area contributed by atoms with Crippen LogP contribution in [0.15, 0.2) is 10.2 Å². The maximum absolute atomic E-state index is 12.2. The molecule has 0 aromatic heterocycles. The van der Waals surface area contributed by atoms with Crippen LogP contribution in [0.4, 0.5) is 9.59 Å². The number of rotatable bonds is 3. The van der Waals surface area contributed by atoms with E-state index < -0.39 is 12.1 Å². The molecule has 0 spiro atoms. The molecular formula is C15H26N4O3. The Bertz CT molecular complexity index is 408. The van der Waals surface area contributed by atoms with Gasteiger partial charge in [0.2, 0.25) is 0 Å². The summed E-state index contributed by atoms with van der Waals surface area (Å²) in [5, 5.41) is 16.2. The zero-order valence-electron chi connectivity index (χ0n) is 13.1. The molecular weight excluding hydrogens is 284 g/mol. The molecule has 22 heavy (non-hydrogen) atoms. The molecule has 7 heteroatoms. The van der Waals surface area contributed by atoms with Gasteiger partial charge in [0.05, 0.1) is 0 Å². The SMILES string of the molecule is O=C(N=NC(=O)N1CCCCC1CCCO)N1CCCCC1. The highest BCUT2D eigenvalue weighted by atomic mass is 16.3. The van der Waals surface area contributed by atoms with E-state index in [-0.39, 0.29) is 12.6 Å². The predicted molar refractivity (Wildman–Crippen MR) is 81.7 cm³/mol. The van der Waals surface area contributed by atoms with Gasteiger partial charge in [-0.25, -0.2) is 9.59 Å². The number of urea groups is 2. The molecule has 0 aliphatic carbocycles. The standard InChI is InChI=1S/C15H26N4O3/c20-12-6-8-13-7-2-5-11-19(13)15(22)17-16-14(21)18-9-3-1-4-10-18/h13,20H,1-12H2. The van der Waals surface area contributed by atoms with Gasteiger partial charge in [0.1, 0.15) is 0 Å². The third-order valence-corrected chi connectivity index (χ3v) is 4.42. The van der Waals surface area contributed by atoms with E-state index in [0.717, 1.165) is 44.9 Å². The van der Waals surface area contributed by atoms with Gasteiger partial charge in [-0.2, -0.15) is 0 Å². The van der Waals surface area contributed by atoms with Gasteiger partial charge in [0.25, 0.3) is 0 Å². The zero-order chi connectivity index (χ0) is 15.8. The third-order valence-electron chi connectivity index (χ3n) is 4.42. The van der Waals surface area contributed by atoms with E-state index >= 15 is 0 Å². The Kier molecular flexibility index (Phi) is 6.76. The lowest BCUT2D eigenvalue weighted by Gasteiger charge is -2.34. The molecule has 4 amide bonds. The summed E-state index contributed by atoms with van der Waals surface area (Å²) in [6.07, 6.45) is 7.55. The van der Waals surface area contributed by atoms with Gasteiger partial charge in [0.15, 0.2) is 0 Å². The van der Waals surface area contributed by atoms with Crippen molar-refractivity contribution in [3.05, 3.63) is 0 Å². The van der Waals surface area contributed by atoms with Crippen molar-refractivity contribution in [2.45, 2.75) is 57.4 Å². The summed E-state index contributed by atoms with van der Waals surface area (Å²) in [5.41, 5.74) is 0. The number of nitrogens with zero attached hydrogens (tertiary/aromatic N) is 4. The van der Waals surface area contributed by atoms with Crippen LogP contribution in [0.3, 0.4) is 0 Å². The van der Waals surface area contributed by atoms with Gasteiger partial charge in [-0.3, -0.25) is 0 Å². The second-order valence-electron chi connectivity index (χ2n) is 6.02. The summed E-state index contributed by atoms with van der Waals surface area (Å²) in [4.78, 5) is 27.4. The van der Waals surface area contributed by atoms with Crippen molar-refractivity contribution in [3.63, 3.8) is 0 Å². The fraction of sp³-hybridized carbons (Fsp3) is 0.867. The molecule has 1 N–H and O–H groups in total. The Labute approximate surface area is 131 Å². The molecule has 2 rings (SSSR count). The normalized spacial score (nSPS) is 23.0. The molecule has 0 bridgehead atoms. The highest BCUT2D eigenvalue weighted by Gasteiger charge is 2.26. The summed E-state index contributed by atoms with van der Waals surface area (Å²) in [7, 11) is 0. The zero-order valence-corrected chi connectivity index (χ0v) is 13.1. The largest absolute Gasteiger partial charge is 0.396 e. The molecule has 0 saturated carbocycles. The van der Waals surface area contributed by atoms with Crippen molar-refractivity contribution < 1.29 is 14.7 Å². The number of hydrogen-bond acceptors (Lipinski definition) is 3. The lowest BCUT2D eigenvalue weighted by Crippen LogP contribution is -2.42. The van der Waals surface area contributed by atoms with Crippen LogP contribution in [0, 0.1) is 0 Å². The predicted octanol–water partition coefficient (Wildman–Crippen LogP) is 2.79. The minimum Gasteiger partial charge on any atom is -0.396 e. The quantitative estimate of drug-likeness (QED) is 0.813. The van der Waals surface area contributed by atoms with E-state index in [0.29, 0.717) is 26.1 Å². The van der Waals surface area contributed by atoms with Crippen molar-refractivity contribution in [1.29, 1.82) is 0 Å². The minimum absolute atomic E-state index is 0.109. The molecule has 0 radical (unpaired) electrons. The first-order valence-electron chi connectivity index (χ1n) is 8.34. The van der Waals surface area contributed by atoms with Crippen LogP contribution in [0.2, 0.25) is 0 Å². The van der Waals surface area contributed by atoms with Crippen molar-refractivity contribution in [1.82, 2.24) is 9.80 Å². The van der Waals surface area contributed by atoms with Crippen LogP contribution in [0.1, 0.15) is 51.4 Å². The molecule has 124 valence electrons. The van der Waals surface area contributed by atoms with Crippen molar-refractivity contribution in [2.24, 2.45) is 10.2 Å². The molecule has 7 nitrogen and oxygen atoms in total. The van der Waals surface area contributed by atoms with E-state index in [2.05, 4.69) is 10.2 Å². The average molecular weight is 310 g/mol. The molecule has 1 unspecified atom stereocenters. The number of amides is 4. The number of hydrogen-bond donors (Lipinski definition) is 1. The summed E-state index contributed by atoms with van der Waals surface area (Å²) in [6.45, 7) is 2.20. The lowest BCUT2D eigenvalue weighted by molar-refractivity contribution is 0.146. The fourth-order valence-corrected chi connectivity index (χ4v) is 3.17. The van der Waals surface area contributed by atoms with Crippen LogP contribution >= 0.6 is 0 Å². The summed E-state index contributed by atoms with van der Waals surface area (Å²) in [5.74, 6) is 0. The van der Waals surface area contributed by atoms with Gasteiger partial charge in [0, 0.05) is 32.3 Å². The number of aliphatic hydroxyl groups is 1. The average Bonchev–Trinajstić information content (AvgIpc) is 2.58. The topological polar surface area (TPSA) is 85.6 Å². The molecule has 1 atom stereocenters. The third kappa shape index (κ3) is 4.76. The number of carbonyl (C=O) groups excluding carboxylic acids is 2. The number of likely N-dealkylation sites (tertiary alicyclic amines) is 2. The number of piperidine rings is 2. The van der Waals surface area contributed by atoms with Crippen molar-refractivity contribution >= 4 is 12.1 Å². The smallest absolute Gasteiger partial charge is 0.362 e. The highest BCUT2D eigenvalue weighted by molar-refractivity contribution is 5.80. The monoisotopic (exact) mass is 310 g/mol. The number of carbonyl (C=O) groups is 2. The summed E-state index contributed by atoms with van der Waals surface area (Å²) < 4.78 is 0.